The summed E-state index contributed by atoms with van der Waals surface area (Å²) in [6.45, 7) is 0. The number of hydrogen-bond acceptors (Lipinski definition) is 0. The van der Waals surface area contributed by atoms with Gasteiger partial charge in [0.15, 0.2) is 0 Å². The van der Waals surface area contributed by atoms with Crippen LogP contribution >= 0.6 is 27.5 Å². The second kappa shape index (κ2) is 12.9. The quantitative estimate of drug-likeness (QED) is 0.166. The topological polar surface area (TPSA) is 0 Å². The van der Waals surface area contributed by atoms with Gasteiger partial charge in [-0.05, 0) is 139 Å². The Kier molecular flexibility index (Phi) is 7.32. The van der Waals surface area contributed by atoms with Crippen LogP contribution in [-0.4, -0.2) is 0 Å². The Morgan fingerprint density at radius 3 is 1.57 bits per heavy atom. The number of rotatable bonds is 4. The van der Waals surface area contributed by atoms with Gasteiger partial charge in [0.2, 0.25) is 0 Å². The molecule has 0 saturated carbocycles. The molecule has 0 saturated heterocycles. The summed E-state index contributed by atoms with van der Waals surface area (Å²) in [4.78, 5) is 0. The van der Waals surface area contributed by atoms with Gasteiger partial charge in [-0.3, -0.25) is 0 Å². The zero-order chi connectivity index (χ0) is 39.6. The molecule has 0 bridgehead atoms. The lowest BCUT2D eigenvalue weighted by Crippen LogP contribution is -1.95. The molecule has 0 nitrogen and oxygen atoms in total. The van der Waals surface area contributed by atoms with Gasteiger partial charge >= 0.3 is 0 Å². The molecular weight excluding hydrogens is 812 g/mol. The van der Waals surface area contributed by atoms with Gasteiger partial charge in [0, 0.05) is 20.4 Å². The fourth-order valence-corrected chi connectivity index (χ4v) is 11.5. The maximum Gasteiger partial charge on any atom is 0.0484 e. The highest BCUT2D eigenvalue weighted by Crippen LogP contribution is 2.60. The summed E-state index contributed by atoms with van der Waals surface area (Å²) in [6, 6.07) is 71.4. The molecule has 278 valence electrons. The summed E-state index contributed by atoms with van der Waals surface area (Å²) in [6.07, 6.45) is 0. The first kappa shape index (κ1) is 34.1. The smallest absolute Gasteiger partial charge is 0.0484 e. The lowest BCUT2D eigenvalue weighted by Gasteiger charge is -2.22. The van der Waals surface area contributed by atoms with Crippen molar-refractivity contribution in [1.82, 2.24) is 0 Å². The molecule has 0 spiro atoms. The van der Waals surface area contributed by atoms with Crippen LogP contribution in [0, 0.1) is 0 Å². The predicted molar refractivity (Wildman–Crippen MR) is 260 cm³/mol. The molecule has 2 aliphatic carbocycles. The SMILES string of the molecule is Clc1ccccc1-c1c2c(c(-c3ccccc3)c3cc(-c4cccc5cccc(Br)c45)ccc13)-c1cccc3c(-c4ccc5c6c(cccc46)-c4ccccc4-5)ccc-2c13. The lowest BCUT2D eigenvalue weighted by molar-refractivity contribution is 1.61. The highest BCUT2D eigenvalue weighted by atomic mass is 79.9. The first-order chi connectivity index (χ1) is 29.6. The van der Waals surface area contributed by atoms with E-state index in [0.717, 1.165) is 15.1 Å². The second-order valence-electron chi connectivity index (χ2n) is 16.1. The molecule has 13 rings (SSSR count). The van der Waals surface area contributed by atoms with Crippen molar-refractivity contribution in [3.05, 3.63) is 204 Å². The van der Waals surface area contributed by atoms with Gasteiger partial charge < -0.3 is 0 Å². The first-order valence-electron chi connectivity index (χ1n) is 20.5. The number of fused-ring (bicyclic) bond motifs is 8. The first-order valence-corrected chi connectivity index (χ1v) is 21.6. The Hall–Kier alpha value is -6.77. The van der Waals surface area contributed by atoms with Crippen molar-refractivity contribution in [2.45, 2.75) is 0 Å². The van der Waals surface area contributed by atoms with Gasteiger partial charge in [0.05, 0.1) is 0 Å². The predicted octanol–water partition coefficient (Wildman–Crippen LogP) is 17.7. The minimum absolute atomic E-state index is 0.744. The van der Waals surface area contributed by atoms with Crippen LogP contribution in [0.15, 0.2) is 199 Å². The van der Waals surface area contributed by atoms with Crippen molar-refractivity contribution in [2.24, 2.45) is 0 Å². The summed E-state index contributed by atoms with van der Waals surface area (Å²) in [5.41, 5.74) is 19.8. The number of halogens is 2. The molecule has 2 heteroatoms. The normalized spacial score (nSPS) is 12.2. The monoisotopic (exact) mass is 842 g/mol. The van der Waals surface area contributed by atoms with E-state index in [2.05, 4.69) is 198 Å². The van der Waals surface area contributed by atoms with Gasteiger partial charge in [-0.25, -0.2) is 0 Å². The summed E-state index contributed by atoms with van der Waals surface area (Å²) in [5.74, 6) is 0. The average molecular weight is 844 g/mol. The van der Waals surface area contributed by atoms with E-state index in [1.54, 1.807) is 0 Å². The van der Waals surface area contributed by atoms with Crippen molar-refractivity contribution >= 4 is 70.6 Å². The highest BCUT2D eigenvalue weighted by Gasteiger charge is 2.32. The number of hydrogen-bond donors (Lipinski definition) is 0. The third-order valence-corrected chi connectivity index (χ3v) is 14.1. The Bertz CT molecular complexity index is 3640. The van der Waals surface area contributed by atoms with Crippen LogP contribution in [0.3, 0.4) is 0 Å². The van der Waals surface area contributed by atoms with Crippen LogP contribution in [-0.2, 0) is 0 Å². The van der Waals surface area contributed by atoms with Gasteiger partial charge in [0.25, 0.3) is 0 Å². The van der Waals surface area contributed by atoms with Crippen LogP contribution < -0.4 is 0 Å². The average Bonchev–Trinajstić information content (AvgIpc) is 3.81. The fraction of sp³-hybridized carbons (Fsp3) is 0. The van der Waals surface area contributed by atoms with E-state index in [0.29, 0.717) is 0 Å². The van der Waals surface area contributed by atoms with E-state index >= 15 is 0 Å². The van der Waals surface area contributed by atoms with Gasteiger partial charge in [-0.15, -0.1) is 0 Å². The van der Waals surface area contributed by atoms with Crippen LogP contribution in [0.1, 0.15) is 0 Å². The molecule has 0 atom stereocenters. The van der Waals surface area contributed by atoms with Crippen molar-refractivity contribution in [3.63, 3.8) is 0 Å². The van der Waals surface area contributed by atoms with E-state index in [1.807, 2.05) is 12.1 Å². The highest BCUT2D eigenvalue weighted by molar-refractivity contribution is 9.10. The molecule has 0 radical (unpaired) electrons. The summed E-state index contributed by atoms with van der Waals surface area (Å²) in [5, 5.41) is 10.7. The van der Waals surface area contributed by atoms with Crippen LogP contribution in [0.5, 0.6) is 0 Å². The molecular formula is C58H32BrCl. The molecule has 11 aromatic rings. The molecule has 0 N–H and O–H groups in total. The van der Waals surface area contributed by atoms with Crippen molar-refractivity contribution in [2.75, 3.05) is 0 Å². The van der Waals surface area contributed by atoms with E-state index < -0.39 is 0 Å². The Morgan fingerprint density at radius 1 is 0.283 bits per heavy atom. The Balaban J connectivity index is 1.15. The zero-order valence-electron chi connectivity index (χ0n) is 32.2. The Labute approximate surface area is 361 Å². The summed E-state index contributed by atoms with van der Waals surface area (Å²) in [7, 11) is 0. The second-order valence-corrected chi connectivity index (χ2v) is 17.3. The molecule has 60 heavy (non-hydrogen) atoms. The van der Waals surface area contributed by atoms with E-state index in [9.17, 15) is 0 Å². The molecule has 2 aliphatic rings. The molecule has 0 amide bonds. The van der Waals surface area contributed by atoms with Crippen molar-refractivity contribution in [1.29, 1.82) is 0 Å². The van der Waals surface area contributed by atoms with E-state index in [4.69, 9.17) is 11.6 Å². The van der Waals surface area contributed by atoms with Gasteiger partial charge in [-0.1, -0.05) is 203 Å². The minimum Gasteiger partial charge on any atom is -0.0837 e. The van der Waals surface area contributed by atoms with Gasteiger partial charge in [0.1, 0.15) is 0 Å². The fourth-order valence-electron chi connectivity index (χ4n) is 10.7. The summed E-state index contributed by atoms with van der Waals surface area (Å²) >= 11 is 11.2. The van der Waals surface area contributed by atoms with Crippen LogP contribution in [0.25, 0.3) is 132 Å². The maximum absolute atomic E-state index is 7.26. The molecule has 0 aromatic heterocycles. The largest absolute Gasteiger partial charge is 0.0837 e. The third kappa shape index (κ3) is 4.68. The van der Waals surface area contributed by atoms with Gasteiger partial charge in [-0.2, -0.15) is 0 Å². The minimum atomic E-state index is 0.744. The van der Waals surface area contributed by atoms with Crippen molar-refractivity contribution < 1.29 is 0 Å². The van der Waals surface area contributed by atoms with Crippen LogP contribution in [0.4, 0.5) is 0 Å². The molecule has 11 aromatic carbocycles. The van der Waals surface area contributed by atoms with E-state index in [-0.39, 0.29) is 0 Å². The van der Waals surface area contributed by atoms with Crippen LogP contribution in [0.2, 0.25) is 5.02 Å². The van der Waals surface area contributed by atoms with Crippen molar-refractivity contribution in [3.8, 4) is 89.0 Å². The summed E-state index contributed by atoms with van der Waals surface area (Å²) < 4.78 is 1.09. The zero-order valence-corrected chi connectivity index (χ0v) is 34.6. The molecule has 0 fully saturated rings. The lowest BCUT2D eigenvalue weighted by atomic mass is 9.81. The third-order valence-electron chi connectivity index (χ3n) is 13.1. The van der Waals surface area contributed by atoms with E-state index in [1.165, 1.54) is 127 Å². The molecule has 0 unspecified atom stereocenters. The maximum atomic E-state index is 7.26. The number of benzene rings is 11. The Morgan fingerprint density at radius 2 is 0.817 bits per heavy atom. The molecule has 0 heterocycles. The molecule has 0 aliphatic heterocycles. The standard InChI is InChI=1S/C58H32BrCl/c59-50-24-9-15-33-14-8-19-36(52(33)50)35-26-27-45-49(32-35)53(34-12-2-1-3-13-34)57-47-23-11-22-43-40(29-31-48(55(43)47)58(57)56(45)46-18-6-7-25-51(46)60)39-28-30-44-38-17-5-4-16-37(38)41-20-10-21-42(39)54(41)44/h1-32H.